The van der Waals surface area contributed by atoms with Crippen molar-refractivity contribution in [1.29, 1.82) is 0 Å². The van der Waals surface area contributed by atoms with E-state index in [-0.39, 0.29) is 5.82 Å². The molecule has 1 aliphatic rings. The van der Waals surface area contributed by atoms with Gasteiger partial charge in [0, 0.05) is 6.04 Å². The molecule has 1 aromatic rings. The van der Waals surface area contributed by atoms with Gasteiger partial charge in [0.1, 0.15) is 5.82 Å². The summed E-state index contributed by atoms with van der Waals surface area (Å²) in [7, 11) is 0. The van der Waals surface area contributed by atoms with Gasteiger partial charge >= 0.3 is 0 Å². The molecule has 1 saturated carbocycles. The van der Waals surface area contributed by atoms with Crippen LogP contribution < -0.4 is 5.32 Å². The van der Waals surface area contributed by atoms with Gasteiger partial charge in [0.25, 0.3) is 0 Å². The molecule has 0 aliphatic heterocycles. The summed E-state index contributed by atoms with van der Waals surface area (Å²) in [5.41, 5.74) is 1.73. The highest BCUT2D eigenvalue weighted by atomic mass is 19.1. The summed E-state index contributed by atoms with van der Waals surface area (Å²) in [4.78, 5) is 0. The Morgan fingerprint density at radius 1 is 1.16 bits per heavy atom. The van der Waals surface area contributed by atoms with Crippen LogP contribution in [-0.4, -0.2) is 12.6 Å². The summed E-state index contributed by atoms with van der Waals surface area (Å²) in [6.07, 6.45) is 7.58. The van der Waals surface area contributed by atoms with Crippen LogP contribution in [0.2, 0.25) is 0 Å². The number of nitrogens with one attached hydrogen (secondary N) is 1. The van der Waals surface area contributed by atoms with E-state index in [4.69, 9.17) is 0 Å². The van der Waals surface area contributed by atoms with Crippen molar-refractivity contribution in [3.05, 3.63) is 35.6 Å². The zero-order valence-electron chi connectivity index (χ0n) is 12.2. The molecule has 1 nitrogen and oxygen atoms in total. The second kappa shape index (κ2) is 6.51. The molecule has 0 aromatic heterocycles. The third-order valence-electron chi connectivity index (χ3n) is 4.34. The summed E-state index contributed by atoms with van der Waals surface area (Å²) in [5, 5.41) is 3.67. The van der Waals surface area contributed by atoms with Gasteiger partial charge in [-0.1, -0.05) is 32.4 Å². The maximum atomic E-state index is 12.8. The van der Waals surface area contributed by atoms with Crippen LogP contribution in [0.25, 0.3) is 0 Å². The van der Waals surface area contributed by atoms with Crippen LogP contribution in [0.3, 0.4) is 0 Å². The molecule has 2 heteroatoms. The van der Waals surface area contributed by atoms with E-state index in [1.54, 1.807) is 12.1 Å². The van der Waals surface area contributed by atoms with Crippen LogP contribution in [0.4, 0.5) is 4.39 Å². The number of hydrogen-bond acceptors (Lipinski definition) is 1. The van der Waals surface area contributed by atoms with Crippen molar-refractivity contribution < 1.29 is 4.39 Å². The zero-order valence-corrected chi connectivity index (χ0v) is 12.2. The first-order valence-corrected chi connectivity index (χ1v) is 7.53. The molecule has 106 valence electrons. The second-order valence-electron chi connectivity index (χ2n) is 6.62. The van der Waals surface area contributed by atoms with E-state index in [1.165, 1.54) is 37.7 Å². The topological polar surface area (TPSA) is 12.0 Å². The van der Waals surface area contributed by atoms with E-state index in [2.05, 4.69) is 19.2 Å². The zero-order chi connectivity index (χ0) is 13.7. The van der Waals surface area contributed by atoms with Crippen LogP contribution >= 0.6 is 0 Å². The lowest BCUT2D eigenvalue weighted by Crippen LogP contribution is -2.30. The Hall–Kier alpha value is -0.890. The molecular weight excluding hydrogens is 237 g/mol. The SMILES string of the molecule is CC1(C)CCCC(NCCc2ccc(F)cc2)CC1. The lowest BCUT2D eigenvalue weighted by atomic mass is 9.85. The summed E-state index contributed by atoms with van der Waals surface area (Å²) in [6.45, 7) is 5.76. The number of benzene rings is 1. The fraction of sp³-hybridized carbons (Fsp3) is 0.647. The Bertz CT molecular complexity index is 383. The molecule has 2 rings (SSSR count). The van der Waals surface area contributed by atoms with Crippen molar-refractivity contribution in [2.75, 3.05) is 6.54 Å². The first-order chi connectivity index (χ1) is 9.05. The van der Waals surface area contributed by atoms with Crippen molar-refractivity contribution in [2.45, 2.75) is 58.4 Å². The van der Waals surface area contributed by atoms with Crippen molar-refractivity contribution in [3.8, 4) is 0 Å². The maximum absolute atomic E-state index is 12.8. The molecule has 19 heavy (non-hydrogen) atoms. The van der Waals surface area contributed by atoms with E-state index < -0.39 is 0 Å². The first kappa shape index (κ1) is 14.5. The van der Waals surface area contributed by atoms with Gasteiger partial charge in [0.05, 0.1) is 0 Å². The van der Waals surface area contributed by atoms with Gasteiger partial charge in [-0.25, -0.2) is 4.39 Å². The van der Waals surface area contributed by atoms with Crippen molar-refractivity contribution in [2.24, 2.45) is 5.41 Å². The molecule has 0 heterocycles. The van der Waals surface area contributed by atoms with E-state index in [1.807, 2.05) is 12.1 Å². The van der Waals surface area contributed by atoms with Gasteiger partial charge in [0.15, 0.2) is 0 Å². The Balaban J connectivity index is 1.72. The quantitative estimate of drug-likeness (QED) is 0.798. The highest BCUT2D eigenvalue weighted by molar-refractivity contribution is 5.16. The fourth-order valence-electron chi connectivity index (χ4n) is 2.94. The van der Waals surface area contributed by atoms with E-state index >= 15 is 0 Å². The number of rotatable bonds is 4. The molecule has 1 atom stereocenters. The van der Waals surface area contributed by atoms with Crippen LogP contribution in [0.15, 0.2) is 24.3 Å². The monoisotopic (exact) mass is 263 g/mol. The van der Waals surface area contributed by atoms with Crippen LogP contribution in [0.1, 0.15) is 51.5 Å². The molecular formula is C17H26FN. The Morgan fingerprint density at radius 3 is 2.63 bits per heavy atom. The molecule has 1 N–H and O–H groups in total. The highest BCUT2D eigenvalue weighted by Gasteiger charge is 2.23. The first-order valence-electron chi connectivity index (χ1n) is 7.53. The fourth-order valence-corrected chi connectivity index (χ4v) is 2.94. The van der Waals surface area contributed by atoms with Crippen LogP contribution in [-0.2, 0) is 6.42 Å². The molecule has 0 radical (unpaired) electrons. The van der Waals surface area contributed by atoms with Gasteiger partial charge < -0.3 is 5.32 Å². The summed E-state index contributed by atoms with van der Waals surface area (Å²) >= 11 is 0. The van der Waals surface area contributed by atoms with Crippen molar-refractivity contribution >= 4 is 0 Å². The summed E-state index contributed by atoms with van der Waals surface area (Å²) < 4.78 is 12.8. The predicted molar refractivity (Wildman–Crippen MR) is 78.8 cm³/mol. The summed E-state index contributed by atoms with van der Waals surface area (Å²) in [6, 6.07) is 7.52. The predicted octanol–water partition coefficient (Wildman–Crippen LogP) is 4.32. The lowest BCUT2D eigenvalue weighted by Gasteiger charge is -2.22. The minimum atomic E-state index is -0.150. The maximum Gasteiger partial charge on any atom is 0.123 e. The third-order valence-corrected chi connectivity index (χ3v) is 4.34. The van der Waals surface area contributed by atoms with Crippen molar-refractivity contribution in [1.82, 2.24) is 5.32 Å². The molecule has 0 spiro atoms. The molecule has 0 bridgehead atoms. The lowest BCUT2D eigenvalue weighted by molar-refractivity contribution is 0.310. The van der Waals surface area contributed by atoms with E-state index in [9.17, 15) is 4.39 Å². The van der Waals surface area contributed by atoms with E-state index in [0.717, 1.165) is 13.0 Å². The average Bonchev–Trinajstić information content (AvgIpc) is 2.53. The molecule has 0 amide bonds. The van der Waals surface area contributed by atoms with Gasteiger partial charge in [-0.3, -0.25) is 0 Å². The molecule has 1 unspecified atom stereocenters. The Labute approximate surface area is 116 Å². The normalized spacial score (nSPS) is 23.0. The largest absolute Gasteiger partial charge is 0.314 e. The number of hydrogen-bond donors (Lipinski definition) is 1. The standard InChI is InChI=1S/C17H26FN/c1-17(2)11-3-4-16(9-12-17)19-13-10-14-5-7-15(18)8-6-14/h5-8,16,19H,3-4,9-13H2,1-2H3. The molecule has 0 saturated heterocycles. The smallest absolute Gasteiger partial charge is 0.123 e. The molecule has 1 aliphatic carbocycles. The molecule has 1 fully saturated rings. The minimum Gasteiger partial charge on any atom is -0.314 e. The second-order valence-corrected chi connectivity index (χ2v) is 6.62. The third kappa shape index (κ3) is 4.94. The van der Waals surface area contributed by atoms with Crippen LogP contribution in [0, 0.1) is 11.2 Å². The van der Waals surface area contributed by atoms with Gasteiger partial charge in [-0.2, -0.15) is 0 Å². The molecule has 1 aromatic carbocycles. The average molecular weight is 263 g/mol. The summed E-state index contributed by atoms with van der Waals surface area (Å²) in [5.74, 6) is -0.150. The number of halogens is 1. The van der Waals surface area contributed by atoms with Gasteiger partial charge in [-0.05, 0) is 61.8 Å². The minimum absolute atomic E-state index is 0.150. The Morgan fingerprint density at radius 2 is 1.89 bits per heavy atom. The van der Waals surface area contributed by atoms with E-state index in [0.29, 0.717) is 11.5 Å². The highest BCUT2D eigenvalue weighted by Crippen LogP contribution is 2.33. The van der Waals surface area contributed by atoms with Crippen LogP contribution in [0.5, 0.6) is 0 Å². The van der Waals surface area contributed by atoms with Gasteiger partial charge in [-0.15, -0.1) is 0 Å². The van der Waals surface area contributed by atoms with Gasteiger partial charge in [0.2, 0.25) is 0 Å². The van der Waals surface area contributed by atoms with Crippen molar-refractivity contribution in [3.63, 3.8) is 0 Å². The Kier molecular flexibility index (Phi) is 4.98.